The van der Waals surface area contributed by atoms with Gasteiger partial charge in [-0.05, 0) is 111 Å². The van der Waals surface area contributed by atoms with Crippen LogP contribution in [0.15, 0.2) is 47.0 Å². The number of aryl methyl sites for hydroxylation is 1. The highest BCUT2D eigenvalue weighted by Crippen LogP contribution is 2.71. The average molecular weight is 599 g/mol. The van der Waals surface area contributed by atoms with Gasteiger partial charge in [-0.1, -0.05) is 37.2 Å². The van der Waals surface area contributed by atoms with Crippen molar-refractivity contribution in [3.8, 4) is 11.1 Å². The molecule has 6 nitrogen and oxygen atoms in total. The second-order valence-corrected chi connectivity index (χ2v) is 15.9. The summed E-state index contributed by atoms with van der Waals surface area (Å²) in [6.07, 6.45) is 8.22. The van der Waals surface area contributed by atoms with E-state index in [0.29, 0.717) is 32.2 Å². The Hall–Kier alpha value is -3.13. The van der Waals surface area contributed by atoms with E-state index in [1.165, 1.54) is 4.70 Å². The lowest BCUT2D eigenvalue weighted by Crippen LogP contribution is -2.65. The van der Waals surface area contributed by atoms with Crippen molar-refractivity contribution >= 4 is 33.1 Å². The van der Waals surface area contributed by atoms with Gasteiger partial charge in [-0.3, -0.25) is 4.79 Å². The molecule has 0 N–H and O–H groups in total. The Morgan fingerprint density at radius 3 is 2.37 bits per heavy atom. The largest absolute Gasteiger partial charge is 0.339 e. The molecule has 43 heavy (non-hydrogen) atoms. The molecule has 0 atom stereocenters. The van der Waals surface area contributed by atoms with Crippen molar-refractivity contribution in [3.05, 3.63) is 59.2 Å². The number of alkyl halides is 1. The van der Waals surface area contributed by atoms with Crippen LogP contribution in [0.2, 0.25) is 0 Å². The Bertz CT molecular complexity index is 1700. The van der Waals surface area contributed by atoms with Crippen LogP contribution >= 0.6 is 11.3 Å². The highest BCUT2D eigenvalue weighted by molar-refractivity contribution is 7.18. The molecule has 0 aliphatic heterocycles. The molecule has 0 radical (unpaired) electrons. The van der Waals surface area contributed by atoms with Crippen molar-refractivity contribution in [2.45, 2.75) is 102 Å². The van der Waals surface area contributed by atoms with Crippen LogP contribution in [0.4, 0.5) is 10.1 Å². The van der Waals surface area contributed by atoms with Gasteiger partial charge in [-0.2, -0.15) is 4.98 Å². The van der Waals surface area contributed by atoms with Crippen LogP contribution in [0, 0.1) is 17.8 Å². The number of aromatic nitrogens is 3. The minimum Gasteiger partial charge on any atom is -0.339 e. The number of nitrogens with zero attached hydrogens (tertiary/aromatic N) is 4. The number of halogens is 1. The van der Waals surface area contributed by atoms with Gasteiger partial charge < -0.3 is 9.42 Å². The molecule has 10 rings (SSSR count). The van der Waals surface area contributed by atoms with Crippen molar-refractivity contribution in [1.29, 1.82) is 0 Å². The number of benzene rings is 2. The van der Waals surface area contributed by atoms with Gasteiger partial charge in [0, 0.05) is 30.0 Å². The number of fused-ring (bicyclic) bond motifs is 4. The summed E-state index contributed by atoms with van der Waals surface area (Å²) in [6, 6.07) is 14.9. The number of thiazole rings is 1. The molecule has 4 aromatic rings. The van der Waals surface area contributed by atoms with Crippen molar-refractivity contribution in [3.63, 3.8) is 0 Å². The number of hydrogen-bond acceptors (Lipinski definition) is 6. The molecular formula is C35H39FN4O2S. The van der Waals surface area contributed by atoms with E-state index in [0.717, 1.165) is 77.6 Å². The van der Waals surface area contributed by atoms with Crippen molar-refractivity contribution in [2.75, 3.05) is 11.4 Å². The Labute approximate surface area is 256 Å². The maximum absolute atomic E-state index is 14.4. The van der Waals surface area contributed by atoms with Crippen LogP contribution in [0.5, 0.6) is 0 Å². The van der Waals surface area contributed by atoms with Crippen LogP contribution in [0.1, 0.15) is 101 Å². The number of rotatable bonds is 8. The summed E-state index contributed by atoms with van der Waals surface area (Å²) in [5.74, 6) is 1.98. The summed E-state index contributed by atoms with van der Waals surface area (Å²) >= 11 is 1.71. The van der Waals surface area contributed by atoms with Crippen LogP contribution in [0.3, 0.4) is 0 Å². The highest BCUT2D eigenvalue weighted by atomic mass is 32.1. The van der Waals surface area contributed by atoms with E-state index in [-0.39, 0.29) is 28.1 Å². The van der Waals surface area contributed by atoms with Gasteiger partial charge in [0.2, 0.25) is 11.8 Å². The third kappa shape index (κ3) is 4.54. The molecular weight excluding hydrogens is 559 g/mol. The molecule has 6 saturated carbocycles. The molecule has 6 aliphatic carbocycles. The van der Waals surface area contributed by atoms with E-state index in [1.807, 2.05) is 6.92 Å². The molecule has 0 spiro atoms. The first-order valence-corrected chi connectivity index (χ1v) is 16.7. The lowest BCUT2D eigenvalue weighted by Gasteiger charge is -2.66. The van der Waals surface area contributed by atoms with E-state index in [1.54, 1.807) is 11.3 Å². The fourth-order valence-corrected chi connectivity index (χ4v) is 9.57. The van der Waals surface area contributed by atoms with Crippen molar-refractivity contribution in [2.24, 2.45) is 10.8 Å². The standard InChI is InChI=1S/C35H39FN4O2S/c1-22(2)30-38-31(42-39-30)34-12-9-32(10-13-34,11-14-34)21-40(29(41)17-33-18-35(36,19-33)20-33)26-6-4-5-24(15-26)25-7-8-27-28(16-25)43-23(3)37-27/h4-8,15-16,22H,9-14,17-21H2,1-3H3. The Morgan fingerprint density at radius 2 is 1.70 bits per heavy atom. The second-order valence-electron chi connectivity index (χ2n) is 14.7. The first-order valence-electron chi connectivity index (χ1n) is 15.9. The fraction of sp³-hybridized carbons (Fsp3) is 0.543. The van der Waals surface area contributed by atoms with Crippen LogP contribution < -0.4 is 4.90 Å². The maximum atomic E-state index is 14.4. The van der Waals surface area contributed by atoms with Gasteiger partial charge in [0.25, 0.3) is 0 Å². The van der Waals surface area contributed by atoms with Gasteiger partial charge in [0.05, 0.1) is 15.2 Å². The Morgan fingerprint density at radius 1 is 0.977 bits per heavy atom. The number of amides is 1. The van der Waals surface area contributed by atoms with Gasteiger partial charge in [-0.25, -0.2) is 9.37 Å². The van der Waals surface area contributed by atoms with Crippen LogP contribution in [0.25, 0.3) is 21.3 Å². The summed E-state index contributed by atoms with van der Waals surface area (Å²) in [4.78, 5) is 25.7. The first kappa shape index (κ1) is 27.4. The van der Waals surface area contributed by atoms with E-state index < -0.39 is 5.67 Å². The minimum atomic E-state index is -1.00. The molecule has 0 saturated heterocycles. The summed E-state index contributed by atoms with van der Waals surface area (Å²) in [6.45, 7) is 6.93. The second kappa shape index (κ2) is 9.43. The summed E-state index contributed by atoms with van der Waals surface area (Å²) < 4.78 is 21.4. The maximum Gasteiger partial charge on any atom is 0.232 e. The third-order valence-electron chi connectivity index (χ3n) is 11.2. The van der Waals surface area contributed by atoms with Gasteiger partial charge in [0.15, 0.2) is 5.82 Å². The molecule has 6 aliphatic rings. The van der Waals surface area contributed by atoms with E-state index in [2.05, 4.69) is 71.4 Å². The van der Waals surface area contributed by atoms with Gasteiger partial charge in [-0.15, -0.1) is 11.3 Å². The molecule has 2 heterocycles. The molecule has 2 aromatic heterocycles. The molecule has 2 aromatic carbocycles. The lowest BCUT2D eigenvalue weighted by atomic mass is 9.41. The SMILES string of the molecule is Cc1nc2ccc(-c3cccc(N(CC45CCC(c6nc(C(C)C)no6)(CC4)CC5)C(=O)CC45CC(F)(C4)C5)c3)cc2s1. The fourth-order valence-electron chi connectivity index (χ4n) is 8.70. The van der Waals surface area contributed by atoms with Crippen LogP contribution in [-0.2, 0) is 10.2 Å². The monoisotopic (exact) mass is 598 g/mol. The zero-order valence-corrected chi connectivity index (χ0v) is 26.1. The highest BCUT2D eigenvalue weighted by Gasteiger charge is 2.69. The van der Waals surface area contributed by atoms with E-state index >= 15 is 0 Å². The van der Waals surface area contributed by atoms with Crippen LogP contribution in [-0.4, -0.2) is 33.2 Å². The number of anilines is 1. The zero-order chi connectivity index (χ0) is 29.6. The normalized spacial score (nSPS) is 30.8. The molecule has 1 amide bonds. The molecule has 6 fully saturated rings. The minimum absolute atomic E-state index is 0.0361. The van der Waals surface area contributed by atoms with Crippen molar-refractivity contribution < 1.29 is 13.7 Å². The molecule has 224 valence electrons. The van der Waals surface area contributed by atoms with E-state index in [9.17, 15) is 9.18 Å². The van der Waals surface area contributed by atoms with E-state index in [4.69, 9.17) is 9.51 Å². The lowest BCUT2D eigenvalue weighted by molar-refractivity contribution is -0.215. The Balaban J connectivity index is 1.07. The smallest absolute Gasteiger partial charge is 0.232 e. The van der Waals surface area contributed by atoms with Gasteiger partial charge >= 0.3 is 0 Å². The van der Waals surface area contributed by atoms with Crippen molar-refractivity contribution in [1.82, 2.24) is 15.1 Å². The summed E-state index contributed by atoms with van der Waals surface area (Å²) in [7, 11) is 0. The number of hydrogen-bond donors (Lipinski definition) is 0. The topological polar surface area (TPSA) is 72.1 Å². The number of carbonyl (C=O) groups is 1. The van der Waals surface area contributed by atoms with Gasteiger partial charge in [0.1, 0.15) is 5.67 Å². The number of carbonyl (C=O) groups excluding carboxylic acids is 1. The average Bonchev–Trinajstić information content (AvgIpc) is 3.62. The third-order valence-corrected chi connectivity index (χ3v) is 12.1. The molecule has 4 bridgehead atoms. The molecule has 8 heteroatoms. The predicted molar refractivity (Wildman–Crippen MR) is 167 cm³/mol. The summed E-state index contributed by atoms with van der Waals surface area (Å²) in [5.41, 5.74) is 3.08. The zero-order valence-electron chi connectivity index (χ0n) is 25.3. The first-order chi connectivity index (χ1) is 20.6. The molecule has 0 unspecified atom stereocenters. The quantitative estimate of drug-likeness (QED) is 0.203. The predicted octanol–water partition coefficient (Wildman–Crippen LogP) is 8.69. The Kier molecular flexibility index (Phi) is 6.02. The summed E-state index contributed by atoms with van der Waals surface area (Å²) in [5, 5.41) is 5.33.